The number of carbonyl (C=O) groups excluding carboxylic acids is 4. The first-order chi connectivity index (χ1) is 15.0. The van der Waals surface area contributed by atoms with Crippen molar-refractivity contribution in [3.63, 3.8) is 0 Å². The predicted molar refractivity (Wildman–Crippen MR) is 121 cm³/mol. The molecule has 172 valence electrons. The van der Waals surface area contributed by atoms with Gasteiger partial charge >= 0.3 is 0 Å². The summed E-state index contributed by atoms with van der Waals surface area (Å²) in [5.41, 5.74) is 5.71. The molecule has 1 unspecified atom stereocenters. The van der Waals surface area contributed by atoms with Crippen LogP contribution < -0.4 is 10.6 Å². The van der Waals surface area contributed by atoms with Crippen LogP contribution in [-0.4, -0.2) is 40.6 Å². The summed E-state index contributed by atoms with van der Waals surface area (Å²) in [7, 11) is 0. The minimum atomic E-state index is -0.777. The number of hydrogen-bond donors (Lipinski definition) is 1. The summed E-state index contributed by atoms with van der Waals surface area (Å²) < 4.78 is 0. The van der Waals surface area contributed by atoms with Gasteiger partial charge in [-0.1, -0.05) is 47.0 Å². The van der Waals surface area contributed by atoms with Gasteiger partial charge in [-0.3, -0.25) is 19.2 Å². The number of nitrogens with two attached hydrogens (primary N) is 1. The molecule has 4 rings (SSSR count). The number of amides is 4. The monoisotopic (exact) mass is 439 g/mol. The van der Waals surface area contributed by atoms with Crippen molar-refractivity contribution in [1.29, 1.82) is 0 Å². The minimum Gasteiger partial charge on any atom is -0.366 e. The van der Waals surface area contributed by atoms with Crippen LogP contribution in [0.5, 0.6) is 0 Å². The number of nitrogens with zero attached hydrogens (tertiary/aromatic N) is 2. The molecule has 1 saturated heterocycles. The SMILES string of the molecule is CC1(C)C(C(=O)N(C2CCCCC2)C2CC(=O)N(c3ccc(C(N)=O)cc3)C2=O)C1(C)C. The second-order valence-corrected chi connectivity index (χ2v) is 10.6. The van der Waals surface area contributed by atoms with Crippen LogP contribution >= 0.6 is 0 Å². The van der Waals surface area contributed by atoms with Crippen LogP contribution in [0.4, 0.5) is 5.69 Å². The fraction of sp³-hybridized carbons (Fsp3) is 0.600. The largest absolute Gasteiger partial charge is 0.366 e. The number of benzene rings is 1. The molecule has 0 bridgehead atoms. The topological polar surface area (TPSA) is 101 Å². The Kier molecular flexibility index (Phi) is 5.42. The Morgan fingerprint density at radius 3 is 2.03 bits per heavy atom. The minimum absolute atomic E-state index is 0.00368. The van der Waals surface area contributed by atoms with Gasteiger partial charge in [0, 0.05) is 17.5 Å². The number of imide groups is 1. The third kappa shape index (κ3) is 3.42. The fourth-order valence-electron chi connectivity index (χ4n) is 5.79. The van der Waals surface area contributed by atoms with Crippen LogP contribution in [0.1, 0.15) is 76.6 Å². The van der Waals surface area contributed by atoms with Crippen LogP contribution in [-0.2, 0) is 14.4 Å². The molecule has 32 heavy (non-hydrogen) atoms. The van der Waals surface area contributed by atoms with Crippen molar-refractivity contribution in [1.82, 2.24) is 4.90 Å². The number of hydrogen-bond acceptors (Lipinski definition) is 4. The summed E-state index contributed by atoms with van der Waals surface area (Å²) in [5, 5.41) is 0. The van der Waals surface area contributed by atoms with E-state index in [4.69, 9.17) is 5.73 Å². The zero-order valence-electron chi connectivity index (χ0n) is 19.4. The average molecular weight is 440 g/mol. The summed E-state index contributed by atoms with van der Waals surface area (Å²) in [6.07, 6.45) is 4.91. The summed E-state index contributed by atoms with van der Waals surface area (Å²) in [5.74, 6) is -1.42. The second-order valence-electron chi connectivity index (χ2n) is 10.6. The van der Waals surface area contributed by atoms with Crippen molar-refractivity contribution in [3.05, 3.63) is 29.8 Å². The molecule has 0 aromatic heterocycles. The third-order valence-corrected chi connectivity index (χ3v) is 8.36. The van der Waals surface area contributed by atoms with E-state index in [1.165, 1.54) is 12.1 Å². The van der Waals surface area contributed by atoms with Gasteiger partial charge in [-0.05, 0) is 47.9 Å². The molecule has 2 N–H and O–H groups in total. The molecule has 0 spiro atoms. The molecule has 1 atom stereocenters. The molecule has 3 aliphatic rings. The van der Waals surface area contributed by atoms with Crippen molar-refractivity contribution >= 4 is 29.3 Å². The Labute approximate surface area is 189 Å². The van der Waals surface area contributed by atoms with E-state index in [-0.39, 0.29) is 46.9 Å². The number of rotatable bonds is 5. The van der Waals surface area contributed by atoms with Crippen LogP contribution in [0.2, 0.25) is 0 Å². The van der Waals surface area contributed by atoms with Crippen molar-refractivity contribution in [2.45, 2.75) is 78.3 Å². The van der Waals surface area contributed by atoms with Crippen LogP contribution in [0.3, 0.4) is 0 Å². The van der Waals surface area contributed by atoms with E-state index in [9.17, 15) is 19.2 Å². The fourth-order valence-corrected chi connectivity index (χ4v) is 5.79. The van der Waals surface area contributed by atoms with Crippen LogP contribution in [0, 0.1) is 16.7 Å². The maximum atomic E-state index is 13.8. The van der Waals surface area contributed by atoms with Gasteiger partial charge in [-0.2, -0.15) is 0 Å². The second kappa shape index (κ2) is 7.71. The van der Waals surface area contributed by atoms with Gasteiger partial charge in [0.25, 0.3) is 5.91 Å². The van der Waals surface area contributed by atoms with Crippen molar-refractivity contribution in [2.75, 3.05) is 4.90 Å². The molecule has 3 fully saturated rings. The van der Waals surface area contributed by atoms with Gasteiger partial charge in [-0.15, -0.1) is 0 Å². The summed E-state index contributed by atoms with van der Waals surface area (Å²) in [4.78, 5) is 54.6. The predicted octanol–water partition coefficient (Wildman–Crippen LogP) is 3.26. The standard InChI is InChI=1S/C25H33N3O4/c1-24(2)20(25(24,3)4)23(32)27(16-8-6-5-7-9-16)18-14-19(29)28(22(18)31)17-12-10-15(11-13-17)21(26)30/h10-13,16,18,20H,5-9,14H2,1-4H3,(H2,26,30). The highest BCUT2D eigenvalue weighted by atomic mass is 16.2. The summed E-state index contributed by atoms with van der Waals surface area (Å²) >= 11 is 0. The van der Waals surface area contributed by atoms with E-state index in [0.717, 1.165) is 37.0 Å². The van der Waals surface area contributed by atoms with Gasteiger partial charge in [0.05, 0.1) is 12.1 Å². The molecule has 1 aromatic carbocycles. The molecular weight excluding hydrogens is 406 g/mol. The molecule has 7 nitrogen and oxygen atoms in total. The van der Waals surface area contributed by atoms with E-state index in [1.807, 2.05) is 0 Å². The normalized spacial score (nSPS) is 25.1. The van der Waals surface area contributed by atoms with Gasteiger partial charge in [-0.25, -0.2) is 4.90 Å². The number of primary amides is 1. The van der Waals surface area contributed by atoms with E-state index in [1.54, 1.807) is 17.0 Å². The highest BCUT2D eigenvalue weighted by Gasteiger charge is 2.69. The first kappa shape index (κ1) is 22.5. The van der Waals surface area contributed by atoms with E-state index >= 15 is 0 Å². The average Bonchev–Trinajstić information content (AvgIpc) is 2.98. The highest BCUT2D eigenvalue weighted by molar-refractivity contribution is 6.23. The molecule has 0 radical (unpaired) electrons. The Balaban J connectivity index is 1.64. The number of anilines is 1. The molecule has 1 aliphatic heterocycles. The van der Waals surface area contributed by atoms with Gasteiger partial charge in [0.2, 0.25) is 17.7 Å². The Morgan fingerprint density at radius 2 is 1.53 bits per heavy atom. The van der Waals surface area contributed by atoms with E-state index in [2.05, 4.69) is 27.7 Å². The van der Waals surface area contributed by atoms with Gasteiger partial charge < -0.3 is 10.6 Å². The molecule has 2 saturated carbocycles. The molecule has 1 heterocycles. The van der Waals surface area contributed by atoms with Crippen molar-refractivity contribution < 1.29 is 19.2 Å². The quantitative estimate of drug-likeness (QED) is 0.712. The summed E-state index contributed by atoms with van der Waals surface area (Å²) in [6.45, 7) is 8.40. The zero-order valence-corrected chi connectivity index (χ0v) is 19.4. The first-order valence-electron chi connectivity index (χ1n) is 11.6. The van der Waals surface area contributed by atoms with Crippen LogP contribution in [0.25, 0.3) is 0 Å². The number of carbonyl (C=O) groups is 4. The van der Waals surface area contributed by atoms with E-state index < -0.39 is 11.9 Å². The van der Waals surface area contributed by atoms with Crippen LogP contribution in [0.15, 0.2) is 24.3 Å². The smallest absolute Gasteiger partial charge is 0.257 e. The highest BCUT2D eigenvalue weighted by Crippen LogP contribution is 2.69. The van der Waals surface area contributed by atoms with Gasteiger partial charge in [0.15, 0.2) is 0 Å². The molecule has 4 amide bonds. The lowest BCUT2D eigenvalue weighted by Crippen LogP contribution is -2.52. The van der Waals surface area contributed by atoms with Gasteiger partial charge in [0.1, 0.15) is 6.04 Å². The maximum absolute atomic E-state index is 13.8. The molecule has 7 heteroatoms. The molecule has 1 aromatic rings. The third-order valence-electron chi connectivity index (χ3n) is 8.36. The molecular formula is C25H33N3O4. The lowest BCUT2D eigenvalue weighted by molar-refractivity contribution is -0.144. The lowest BCUT2D eigenvalue weighted by atomic mass is 9.92. The summed E-state index contributed by atoms with van der Waals surface area (Å²) in [6, 6.07) is 5.33. The Hall–Kier alpha value is -2.70. The molecule has 2 aliphatic carbocycles. The lowest BCUT2D eigenvalue weighted by Gasteiger charge is -2.38. The zero-order chi connectivity index (χ0) is 23.4. The van der Waals surface area contributed by atoms with Crippen molar-refractivity contribution in [2.24, 2.45) is 22.5 Å². The van der Waals surface area contributed by atoms with Crippen molar-refractivity contribution in [3.8, 4) is 0 Å². The van der Waals surface area contributed by atoms with E-state index in [0.29, 0.717) is 11.3 Å². The Morgan fingerprint density at radius 1 is 0.969 bits per heavy atom. The first-order valence-corrected chi connectivity index (χ1v) is 11.6. The maximum Gasteiger partial charge on any atom is 0.257 e. The Bertz CT molecular complexity index is 946.